The van der Waals surface area contributed by atoms with Gasteiger partial charge >= 0.3 is 0 Å². The normalized spacial score (nSPS) is 12.6. The molecule has 0 saturated carbocycles. The predicted molar refractivity (Wildman–Crippen MR) is 90.9 cm³/mol. The summed E-state index contributed by atoms with van der Waals surface area (Å²) in [5, 5.41) is 3.33. The molecule has 21 heavy (non-hydrogen) atoms. The maximum Gasteiger partial charge on any atom is 0.119 e. The lowest BCUT2D eigenvalue weighted by Crippen LogP contribution is -2.32. The topological polar surface area (TPSA) is 24.5 Å². The zero-order chi connectivity index (χ0) is 15.5. The molecule has 0 spiro atoms. The van der Waals surface area contributed by atoms with Gasteiger partial charge in [0.1, 0.15) is 12.4 Å². The summed E-state index contributed by atoms with van der Waals surface area (Å²) in [6.07, 6.45) is 1.24. The van der Waals surface area contributed by atoms with E-state index >= 15 is 0 Å². The number of nitrogens with zero attached hydrogens (tertiary/aromatic N) is 1. The van der Waals surface area contributed by atoms with Crippen molar-refractivity contribution in [3.63, 3.8) is 0 Å². The predicted octanol–water partition coefficient (Wildman–Crippen LogP) is 3.54. The van der Waals surface area contributed by atoms with Crippen LogP contribution in [0, 0.1) is 5.92 Å². The third-order valence-corrected chi connectivity index (χ3v) is 3.89. The Labute approximate surface area is 130 Å². The van der Waals surface area contributed by atoms with Crippen LogP contribution in [-0.2, 0) is 6.54 Å². The second kappa shape index (κ2) is 10.6. The molecule has 3 heteroatoms. The van der Waals surface area contributed by atoms with E-state index < -0.39 is 0 Å². The first kappa shape index (κ1) is 18.0. The van der Waals surface area contributed by atoms with Crippen molar-refractivity contribution < 1.29 is 4.74 Å². The van der Waals surface area contributed by atoms with Gasteiger partial charge in [-0.1, -0.05) is 46.2 Å². The number of likely N-dealkylation sites (N-methyl/N-ethyl adjacent to an activating group) is 1. The number of nitrogens with one attached hydrogen (secondary N) is 1. The summed E-state index contributed by atoms with van der Waals surface area (Å²) in [5.41, 5.74) is 1.30. The molecule has 3 nitrogen and oxygen atoms in total. The molecule has 1 atom stereocenters. The van der Waals surface area contributed by atoms with Crippen LogP contribution in [0.15, 0.2) is 24.3 Å². The van der Waals surface area contributed by atoms with E-state index in [0.717, 1.165) is 51.0 Å². The van der Waals surface area contributed by atoms with E-state index in [4.69, 9.17) is 4.74 Å². The van der Waals surface area contributed by atoms with Gasteiger partial charge in [-0.15, -0.1) is 0 Å². The first-order chi connectivity index (χ1) is 10.2. The van der Waals surface area contributed by atoms with Gasteiger partial charge in [0.25, 0.3) is 0 Å². The first-order valence-electron chi connectivity index (χ1n) is 8.34. The summed E-state index contributed by atoms with van der Waals surface area (Å²) in [5.74, 6) is 1.73. The zero-order valence-electron chi connectivity index (χ0n) is 14.2. The Morgan fingerprint density at radius 2 is 1.86 bits per heavy atom. The van der Waals surface area contributed by atoms with Crippen LogP contribution in [0.1, 0.15) is 39.7 Å². The van der Waals surface area contributed by atoms with Crippen molar-refractivity contribution in [1.82, 2.24) is 10.2 Å². The maximum absolute atomic E-state index is 5.85. The summed E-state index contributed by atoms with van der Waals surface area (Å²) in [6.45, 7) is 14.9. The SMILES string of the molecule is CCNCc1ccc(OCCN(CC)CC(C)CC)cc1. The fourth-order valence-corrected chi connectivity index (χ4v) is 2.21. The van der Waals surface area contributed by atoms with E-state index in [9.17, 15) is 0 Å². The average molecular weight is 292 g/mol. The monoisotopic (exact) mass is 292 g/mol. The van der Waals surface area contributed by atoms with Gasteiger partial charge in [0.05, 0.1) is 0 Å². The molecule has 1 unspecified atom stereocenters. The quantitative estimate of drug-likeness (QED) is 0.675. The van der Waals surface area contributed by atoms with Crippen LogP contribution >= 0.6 is 0 Å². The molecule has 0 aliphatic heterocycles. The Morgan fingerprint density at radius 3 is 2.43 bits per heavy atom. The summed E-state index contributed by atoms with van der Waals surface area (Å²) in [6, 6.07) is 8.40. The van der Waals surface area contributed by atoms with Crippen molar-refractivity contribution in [2.24, 2.45) is 5.92 Å². The van der Waals surface area contributed by atoms with Crippen LogP contribution in [0.4, 0.5) is 0 Å². The van der Waals surface area contributed by atoms with Crippen molar-refractivity contribution in [2.75, 3.05) is 32.8 Å². The Kier molecular flexibility index (Phi) is 9.11. The minimum Gasteiger partial charge on any atom is -0.492 e. The summed E-state index contributed by atoms with van der Waals surface area (Å²) < 4.78 is 5.85. The van der Waals surface area contributed by atoms with Crippen molar-refractivity contribution in [2.45, 2.75) is 40.7 Å². The minimum absolute atomic E-state index is 0.760. The summed E-state index contributed by atoms with van der Waals surface area (Å²) >= 11 is 0. The molecule has 0 amide bonds. The number of rotatable bonds is 11. The lowest BCUT2D eigenvalue weighted by molar-refractivity contribution is 0.194. The fraction of sp³-hybridized carbons (Fsp3) is 0.667. The molecule has 0 radical (unpaired) electrons. The molecule has 0 saturated heterocycles. The maximum atomic E-state index is 5.85. The molecule has 1 N–H and O–H groups in total. The van der Waals surface area contributed by atoms with Crippen LogP contribution in [0.25, 0.3) is 0 Å². The van der Waals surface area contributed by atoms with E-state index in [1.54, 1.807) is 0 Å². The van der Waals surface area contributed by atoms with Crippen molar-refractivity contribution >= 4 is 0 Å². The highest BCUT2D eigenvalue weighted by Crippen LogP contribution is 2.12. The van der Waals surface area contributed by atoms with Gasteiger partial charge in [-0.05, 0) is 36.7 Å². The Morgan fingerprint density at radius 1 is 1.14 bits per heavy atom. The lowest BCUT2D eigenvalue weighted by atomic mass is 10.1. The number of hydrogen-bond donors (Lipinski definition) is 1. The molecular formula is C18H32N2O. The van der Waals surface area contributed by atoms with Gasteiger partial charge in [0, 0.05) is 19.6 Å². The summed E-state index contributed by atoms with van der Waals surface area (Å²) in [4.78, 5) is 2.47. The average Bonchev–Trinajstić information content (AvgIpc) is 2.52. The molecule has 1 aromatic carbocycles. The van der Waals surface area contributed by atoms with Crippen LogP contribution in [0.2, 0.25) is 0 Å². The second-order valence-electron chi connectivity index (χ2n) is 5.68. The third kappa shape index (κ3) is 7.49. The molecule has 0 bridgehead atoms. The number of benzene rings is 1. The van der Waals surface area contributed by atoms with Gasteiger partial charge < -0.3 is 10.1 Å². The van der Waals surface area contributed by atoms with Crippen LogP contribution in [-0.4, -0.2) is 37.7 Å². The summed E-state index contributed by atoms with van der Waals surface area (Å²) in [7, 11) is 0. The molecule has 120 valence electrons. The molecular weight excluding hydrogens is 260 g/mol. The highest BCUT2D eigenvalue weighted by Gasteiger charge is 2.07. The van der Waals surface area contributed by atoms with Gasteiger partial charge in [-0.25, -0.2) is 0 Å². The van der Waals surface area contributed by atoms with Gasteiger partial charge in [0.15, 0.2) is 0 Å². The molecule has 0 heterocycles. The van der Waals surface area contributed by atoms with E-state index in [0.29, 0.717) is 0 Å². The second-order valence-corrected chi connectivity index (χ2v) is 5.68. The molecule has 0 aromatic heterocycles. The van der Waals surface area contributed by atoms with E-state index in [2.05, 4.69) is 62.2 Å². The minimum atomic E-state index is 0.760. The van der Waals surface area contributed by atoms with Crippen molar-refractivity contribution in [3.05, 3.63) is 29.8 Å². The highest BCUT2D eigenvalue weighted by atomic mass is 16.5. The molecule has 1 rings (SSSR count). The Bertz CT molecular complexity index is 364. The largest absolute Gasteiger partial charge is 0.492 e. The van der Waals surface area contributed by atoms with Crippen molar-refractivity contribution in [1.29, 1.82) is 0 Å². The lowest BCUT2D eigenvalue weighted by Gasteiger charge is -2.23. The smallest absolute Gasteiger partial charge is 0.119 e. The van der Waals surface area contributed by atoms with Gasteiger partial charge in [0.2, 0.25) is 0 Å². The first-order valence-corrected chi connectivity index (χ1v) is 8.34. The number of ether oxygens (including phenoxy) is 1. The van der Waals surface area contributed by atoms with Gasteiger partial charge in [-0.3, -0.25) is 4.90 Å². The molecule has 0 fully saturated rings. The van der Waals surface area contributed by atoms with Crippen molar-refractivity contribution in [3.8, 4) is 5.75 Å². The van der Waals surface area contributed by atoms with Crippen LogP contribution < -0.4 is 10.1 Å². The fourth-order valence-electron chi connectivity index (χ4n) is 2.21. The van der Waals surface area contributed by atoms with Crippen LogP contribution in [0.3, 0.4) is 0 Å². The zero-order valence-corrected chi connectivity index (χ0v) is 14.2. The molecule has 0 aliphatic rings. The third-order valence-electron chi connectivity index (χ3n) is 3.89. The van der Waals surface area contributed by atoms with E-state index in [-0.39, 0.29) is 0 Å². The molecule has 0 aliphatic carbocycles. The number of hydrogen-bond acceptors (Lipinski definition) is 3. The Balaban J connectivity index is 2.30. The molecule has 1 aromatic rings. The van der Waals surface area contributed by atoms with E-state index in [1.165, 1.54) is 12.0 Å². The Hall–Kier alpha value is -1.06. The van der Waals surface area contributed by atoms with E-state index in [1.807, 2.05) is 0 Å². The highest BCUT2D eigenvalue weighted by molar-refractivity contribution is 5.27. The van der Waals surface area contributed by atoms with Gasteiger partial charge in [-0.2, -0.15) is 0 Å². The van der Waals surface area contributed by atoms with Crippen LogP contribution in [0.5, 0.6) is 5.75 Å². The standard InChI is InChI=1S/C18H32N2O/c1-5-16(4)15-20(7-3)12-13-21-18-10-8-17(9-11-18)14-19-6-2/h8-11,16,19H,5-7,12-15H2,1-4H3.